The molecule has 0 N–H and O–H groups in total. The summed E-state index contributed by atoms with van der Waals surface area (Å²) in [5, 5.41) is 4.76. The number of likely N-dealkylation sites (N-methyl/N-ethyl adjacent to an activating group) is 1. The second-order valence-corrected chi connectivity index (χ2v) is 5.93. The normalized spacial score (nSPS) is 28.8. The molecule has 0 radical (unpaired) electrons. The van der Waals surface area contributed by atoms with Gasteiger partial charge in [-0.05, 0) is 45.6 Å². The van der Waals surface area contributed by atoms with Crippen LogP contribution >= 0.6 is 0 Å². The maximum absolute atomic E-state index is 4.95. The Hall–Kier alpha value is -1.03. The standard InChI is InChI=1S/C14H24N4/c1-11(2)10-13-15-14(17-8-4-5-9-17)18(16(13)3)12-6-7-12/h10,12-13H,4-9H2,1-3H3. The molecule has 18 heavy (non-hydrogen) atoms. The van der Waals surface area contributed by atoms with Gasteiger partial charge >= 0.3 is 0 Å². The van der Waals surface area contributed by atoms with Crippen LogP contribution in [0, 0.1) is 0 Å². The molecule has 100 valence electrons. The maximum atomic E-state index is 4.95. The highest BCUT2D eigenvalue weighted by Crippen LogP contribution is 2.34. The van der Waals surface area contributed by atoms with Crippen molar-refractivity contribution in [2.75, 3.05) is 20.1 Å². The molecule has 0 bridgehead atoms. The van der Waals surface area contributed by atoms with Crippen LogP contribution in [0.2, 0.25) is 0 Å². The summed E-state index contributed by atoms with van der Waals surface area (Å²) in [5.41, 5.74) is 1.34. The maximum Gasteiger partial charge on any atom is 0.213 e. The molecule has 0 spiro atoms. The average molecular weight is 248 g/mol. The highest BCUT2D eigenvalue weighted by atomic mass is 15.7. The lowest BCUT2D eigenvalue weighted by atomic mass is 10.3. The van der Waals surface area contributed by atoms with Crippen LogP contribution in [0.15, 0.2) is 16.6 Å². The van der Waals surface area contributed by atoms with Crippen LogP contribution in [0.1, 0.15) is 39.5 Å². The van der Waals surface area contributed by atoms with E-state index < -0.39 is 0 Å². The quantitative estimate of drug-likeness (QED) is 0.698. The molecular weight excluding hydrogens is 224 g/mol. The number of hydrogen-bond acceptors (Lipinski definition) is 4. The van der Waals surface area contributed by atoms with Gasteiger partial charge in [0.15, 0.2) is 0 Å². The first-order valence-corrected chi connectivity index (χ1v) is 7.16. The van der Waals surface area contributed by atoms with Gasteiger partial charge in [0.2, 0.25) is 5.96 Å². The van der Waals surface area contributed by atoms with E-state index in [-0.39, 0.29) is 6.17 Å². The fourth-order valence-electron chi connectivity index (χ4n) is 2.86. The molecule has 0 aromatic heterocycles. The number of likely N-dealkylation sites (tertiary alicyclic amines) is 1. The van der Waals surface area contributed by atoms with Crippen molar-refractivity contribution >= 4 is 5.96 Å². The number of guanidine groups is 1. The largest absolute Gasteiger partial charge is 0.342 e. The van der Waals surface area contributed by atoms with Gasteiger partial charge in [-0.15, -0.1) is 0 Å². The first-order valence-electron chi connectivity index (χ1n) is 7.16. The van der Waals surface area contributed by atoms with Gasteiger partial charge in [0.1, 0.15) is 6.17 Å². The summed E-state index contributed by atoms with van der Waals surface area (Å²) in [6, 6.07) is 0.699. The molecule has 4 nitrogen and oxygen atoms in total. The van der Waals surface area contributed by atoms with Crippen molar-refractivity contribution in [3.63, 3.8) is 0 Å². The summed E-state index contributed by atoms with van der Waals surface area (Å²) in [5.74, 6) is 1.22. The van der Waals surface area contributed by atoms with Gasteiger partial charge in [0, 0.05) is 26.2 Å². The molecule has 1 unspecified atom stereocenters. The van der Waals surface area contributed by atoms with Crippen molar-refractivity contribution in [1.29, 1.82) is 0 Å². The van der Waals surface area contributed by atoms with Gasteiger partial charge in [-0.25, -0.2) is 4.99 Å². The molecule has 2 heterocycles. The predicted molar refractivity (Wildman–Crippen MR) is 74.1 cm³/mol. The van der Waals surface area contributed by atoms with E-state index in [4.69, 9.17) is 4.99 Å². The molecule has 1 aliphatic carbocycles. The minimum Gasteiger partial charge on any atom is -0.342 e. The summed E-state index contributed by atoms with van der Waals surface area (Å²) >= 11 is 0. The third-order valence-corrected chi connectivity index (χ3v) is 3.94. The Morgan fingerprint density at radius 3 is 2.44 bits per heavy atom. The molecule has 1 saturated carbocycles. The van der Waals surface area contributed by atoms with Crippen molar-refractivity contribution in [2.45, 2.75) is 51.7 Å². The molecule has 0 aromatic rings. The monoisotopic (exact) mass is 248 g/mol. The highest BCUT2D eigenvalue weighted by Gasteiger charge is 2.42. The van der Waals surface area contributed by atoms with Crippen LogP contribution in [0.4, 0.5) is 0 Å². The van der Waals surface area contributed by atoms with E-state index in [1.165, 1.54) is 50.3 Å². The minimum absolute atomic E-state index is 0.200. The molecule has 2 aliphatic heterocycles. The Bertz CT molecular complexity index is 373. The SMILES string of the molecule is CC(C)=CC1N=C(N2CCCC2)N(C2CC2)N1C. The van der Waals surface area contributed by atoms with Gasteiger partial charge < -0.3 is 4.90 Å². The molecule has 0 aromatic carbocycles. The second kappa shape index (κ2) is 4.57. The van der Waals surface area contributed by atoms with E-state index >= 15 is 0 Å². The first-order chi connectivity index (χ1) is 8.66. The van der Waals surface area contributed by atoms with E-state index in [0.717, 1.165) is 0 Å². The molecule has 3 rings (SSSR count). The van der Waals surface area contributed by atoms with E-state index in [2.05, 4.69) is 41.9 Å². The van der Waals surface area contributed by atoms with Gasteiger partial charge in [0.05, 0.1) is 0 Å². The highest BCUT2D eigenvalue weighted by molar-refractivity contribution is 5.82. The van der Waals surface area contributed by atoms with Crippen LogP contribution < -0.4 is 0 Å². The first kappa shape index (κ1) is 12.0. The van der Waals surface area contributed by atoms with E-state index in [0.29, 0.717) is 6.04 Å². The molecule has 1 atom stereocenters. The number of allylic oxidation sites excluding steroid dienone is 1. The summed E-state index contributed by atoms with van der Waals surface area (Å²) in [6.07, 6.45) is 7.73. The van der Waals surface area contributed by atoms with Crippen molar-refractivity contribution in [3.05, 3.63) is 11.6 Å². The molecular formula is C14H24N4. The van der Waals surface area contributed by atoms with Crippen LogP contribution in [-0.4, -0.2) is 53.2 Å². The van der Waals surface area contributed by atoms with Crippen LogP contribution in [0.25, 0.3) is 0 Å². The fourth-order valence-corrected chi connectivity index (χ4v) is 2.86. The number of rotatable bonds is 2. The Morgan fingerprint density at radius 2 is 1.89 bits per heavy atom. The lowest BCUT2D eigenvalue weighted by molar-refractivity contribution is 0.0580. The van der Waals surface area contributed by atoms with Gasteiger partial charge in [-0.2, -0.15) is 5.01 Å². The zero-order valence-corrected chi connectivity index (χ0v) is 11.8. The number of nitrogens with zero attached hydrogens (tertiary/aromatic N) is 4. The average Bonchev–Trinajstić information content (AvgIpc) is 2.89. The summed E-state index contributed by atoms with van der Waals surface area (Å²) < 4.78 is 0. The lowest BCUT2D eigenvalue weighted by Gasteiger charge is -2.32. The summed E-state index contributed by atoms with van der Waals surface area (Å²) in [4.78, 5) is 7.42. The smallest absolute Gasteiger partial charge is 0.213 e. The summed E-state index contributed by atoms with van der Waals surface area (Å²) in [6.45, 7) is 6.66. The zero-order valence-electron chi connectivity index (χ0n) is 11.8. The topological polar surface area (TPSA) is 22.1 Å². The molecule has 3 aliphatic rings. The van der Waals surface area contributed by atoms with Crippen molar-refractivity contribution < 1.29 is 0 Å². The third-order valence-electron chi connectivity index (χ3n) is 3.94. The predicted octanol–water partition coefficient (Wildman–Crippen LogP) is 2.06. The second-order valence-electron chi connectivity index (χ2n) is 5.93. The number of hydrazine groups is 1. The Morgan fingerprint density at radius 1 is 1.22 bits per heavy atom. The third kappa shape index (κ3) is 2.14. The number of aliphatic imine (C=N–C) groups is 1. The van der Waals surface area contributed by atoms with Gasteiger partial charge in [-0.1, -0.05) is 5.57 Å². The van der Waals surface area contributed by atoms with Crippen LogP contribution in [0.5, 0.6) is 0 Å². The molecule has 1 saturated heterocycles. The molecule has 0 amide bonds. The molecule has 2 fully saturated rings. The van der Waals surface area contributed by atoms with Crippen molar-refractivity contribution in [1.82, 2.24) is 14.9 Å². The van der Waals surface area contributed by atoms with E-state index in [9.17, 15) is 0 Å². The van der Waals surface area contributed by atoms with Crippen molar-refractivity contribution in [3.8, 4) is 0 Å². The van der Waals surface area contributed by atoms with E-state index in [1.54, 1.807) is 0 Å². The van der Waals surface area contributed by atoms with E-state index in [1.807, 2.05) is 0 Å². The zero-order chi connectivity index (χ0) is 12.7. The van der Waals surface area contributed by atoms with Crippen molar-refractivity contribution in [2.24, 2.45) is 4.99 Å². The minimum atomic E-state index is 0.200. The molecule has 4 heteroatoms. The van der Waals surface area contributed by atoms with Gasteiger partial charge in [-0.3, -0.25) is 5.01 Å². The Kier molecular flexibility index (Phi) is 3.06. The Labute approximate surface area is 110 Å². The van der Waals surface area contributed by atoms with Crippen LogP contribution in [-0.2, 0) is 0 Å². The summed E-state index contributed by atoms with van der Waals surface area (Å²) in [7, 11) is 2.18. The lowest BCUT2D eigenvalue weighted by Crippen LogP contribution is -2.48. The Balaban J connectivity index is 1.84. The number of hydrogen-bond donors (Lipinski definition) is 0. The van der Waals surface area contributed by atoms with Gasteiger partial charge in [0.25, 0.3) is 0 Å². The fraction of sp³-hybridized carbons (Fsp3) is 0.786. The van der Waals surface area contributed by atoms with Crippen LogP contribution in [0.3, 0.4) is 0 Å².